The molecule has 3 rings (SSSR count). The number of rotatable bonds is 6. The lowest BCUT2D eigenvalue weighted by molar-refractivity contribution is 0.0508. The van der Waals surface area contributed by atoms with Crippen molar-refractivity contribution in [1.29, 1.82) is 0 Å². The van der Waals surface area contributed by atoms with Gasteiger partial charge in [-0.05, 0) is 51.0 Å². The van der Waals surface area contributed by atoms with Gasteiger partial charge in [-0.3, -0.25) is 4.90 Å². The maximum Gasteiger partial charge on any atom is 0.413 e. The van der Waals surface area contributed by atoms with E-state index in [0.29, 0.717) is 16.6 Å². The Bertz CT molecular complexity index is 1110. The Morgan fingerprint density at radius 3 is 2.53 bits per heavy atom. The molecule has 2 N–H and O–H groups in total. The van der Waals surface area contributed by atoms with E-state index in [4.69, 9.17) is 4.74 Å². The van der Waals surface area contributed by atoms with Crippen LogP contribution in [0.3, 0.4) is 0 Å². The number of ether oxygens (including phenoxy) is 1. The average Bonchev–Trinajstić information content (AvgIpc) is 3.01. The molecule has 0 aliphatic heterocycles. The number of carbonyl (C=O) groups is 2. The number of carbonyl (C=O) groups excluding carboxylic acids is 1. The van der Waals surface area contributed by atoms with Crippen molar-refractivity contribution in [2.24, 2.45) is 0 Å². The first-order chi connectivity index (χ1) is 15.0. The van der Waals surface area contributed by atoms with Crippen LogP contribution in [0.2, 0.25) is 0 Å². The number of nitrogens with one attached hydrogen (secondary N) is 1. The van der Waals surface area contributed by atoms with E-state index in [9.17, 15) is 14.7 Å². The standard InChI is InChI=1S/C22H27N5O4S/c1-13(23-20(28)31-22(3,4)5)11-16-14(2)17-18(32-16)19(25-26-24-17)27(21(29)30)12-15-9-7-6-8-10-15/h6-10,13H,11-12H2,1-5H3,(H,23,28)(H,29,30). The van der Waals surface area contributed by atoms with Crippen LogP contribution in [0.1, 0.15) is 43.7 Å². The van der Waals surface area contributed by atoms with Crippen molar-refractivity contribution in [2.45, 2.75) is 59.2 Å². The van der Waals surface area contributed by atoms with Gasteiger partial charge in [0.2, 0.25) is 0 Å². The number of fused-ring (bicyclic) bond motifs is 1. The van der Waals surface area contributed by atoms with E-state index in [1.54, 1.807) is 0 Å². The lowest BCUT2D eigenvalue weighted by Crippen LogP contribution is -2.38. The molecule has 1 atom stereocenters. The molecule has 3 aromatic rings. The van der Waals surface area contributed by atoms with Crippen molar-refractivity contribution in [2.75, 3.05) is 4.90 Å². The Labute approximate surface area is 190 Å². The summed E-state index contributed by atoms with van der Waals surface area (Å²) >= 11 is 1.41. The third-order valence-electron chi connectivity index (χ3n) is 4.63. The Morgan fingerprint density at radius 2 is 1.91 bits per heavy atom. The Morgan fingerprint density at radius 1 is 1.22 bits per heavy atom. The molecule has 0 saturated heterocycles. The van der Waals surface area contributed by atoms with E-state index in [1.165, 1.54) is 16.2 Å². The number of aryl methyl sites for hydroxylation is 1. The molecular weight excluding hydrogens is 430 g/mol. The van der Waals surface area contributed by atoms with Gasteiger partial charge in [-0.1, -0.05) is 30.3 Å². The molecule has 2 amide bonds. The number of aromatic nitrogens is 3. The first-order valence-corrected chi connectivity index (χ1v) is 11.0. The first kappa shape index (κ1) is 23.4. The summed E-state index contributed by atoms with van der Waals surface area (Å²) in [6.07, 6.45) is -1.06. The number of hydrogen-bond donors (Lipinski definition) is 2. The van der Waals surface area contributed by atoms with Crippen LogP contribution in [0, 0.1) is 6.92 Å². The predicted molar refractivity (Wildman–Crippen MR) is 123 cm³/mol. The molecule has 2 heterocycles. The zero-order valence-electron chi connectivity index (χ0n) is 18.7. The first-order valence-electron chi connectivity index (χ1n) is 10.2. The maximum absolute atomic E-state index is 12.1. The van der Waals surface area contributed by atoms with E-state index < -0.39 is 17.8 Å². The van der Waals surface area contributed by atoms with E-state index in [1.807, 2.05) is 65.0 Å². The van der Waals surface area contributed by atoms with Gasteiger partial charge >= 0.3 is 12.2 Å². The summed E-state index contributed by atoms with van der Waals surface area (Å²) in [5.41, 5.74) is 1.76. The quantitative estimate of drug-likeness (QED) is 0.558. The fourth-order valence-electron chi connectivity index (χ4n) is 3.19. The molecule has 170 valence electrons. The van der Waals surface area contributed by atoms with Gasteiger partial charge in [0, 0.05) is 17.3 Å². The second-order valence-corrected chi connectivity index (χ2v) is 9.65. The molecule has 0 fully saturated rings. The molecule has 0 spiro atoms. The van der Waals surface area contributed by atoms with Crippen LogP contribution in [0.15, 0.2) is 30.3 Å². The number of carboxylic acid groups (broad SMARTS) is 1. The van der Waals surface area contributed by atoms with Gasteiger partial charge in [0.05, 0.1) is 6.54 Å². The van der Waals surface area contributed by atoms with Crippen molar-refractivity contribution < 1.29 is 19.4 Å². The zero-order chi connectivity index (χ0) is 23.5. The van der Waals surface area contributed by atoms with Gasteiger partial charge in [0.1, 0.15) is 15.8 Å². The number of anilines is 1. The Kier molecular flexibility index (Phi) is 6.93. The monoisotopic (exact) mass is 457 g/mol. The highest BCUT2D eigenvalue weighted by Crippen LogP contribution is 2.35. The summed E-state index contributed by atoms with van der Waals surface area (Å²) in [6, 6.07) is 9.11. The molecule has 1 aromatic carbocycles. The van der Waals surface area contributed by atoms with Crippen LogP contribution >= 0.6 is 11.3 Å². The molecule has 0 aliphatic rings. The highest BCUT2D eigenvalue weighted by molar-refractivity contribution is 7.19. The highest BCUT2D eigenvalue weighted by Gasteiger charge is 2.25. The van der Waals surface area contributed by atoms with Crippen LogP contribution in [-0.2, 0) is 17.7 Å². The third kappa shape index (κ3) is 5.70. The normalized spacial score (nSPS) is 12.4. The van der Waals surface area contributed by atoms with E-state index >= 15 is 0 Å². The highest BCUT2D eigenvalue weighted by atomic mass is 32.1. The number of alkyl carbamates (subject to hydrolysis) is 1. The second-order valence-electron chi connectivity index (χ2n) is 8.55. The van der Waals surface area contributed by atoms with Gasteiger partial charge in [-0.25, -0.2) is 9.59 Å². The molecule has 32 heavy (non-hydrogen) atoms. The van der Waals surface area contributed by atoms with Crippen molar-refractivity contribution in [3.05, 3.63) is 46.3 Å². The van der Waals surface area contributed by atoms with Crippen LogP contribution in [0.5, 0.6) is 0 Å². The average molecular weight is 458 g/mol. The largest absolute Gasteiger partial charge is 0.465 e. The number of amides is 2. The van der Waals surface area contributed by atoms with Crippen LogP contribution in [0.4, 0.5) is 15.4 Å². The van der Waals surface area contributed by atoms with Gasteiger partial charge in [0.25, 0.3) is 0 Å². The zero-order valence-corrected chi connectivity index (χ0v) is 19.6. The van der Waals surface area contributed by atoms with Crippen molar-refractivity contribution >= 4 is 39.6 Å². The fraction of sp³-hybridized carbons (Fsp3) is 0.409. The molecule has 0 radical (unpaired) electrons. The van der Waals surface area contributed by atoms with Gasteiger partial charge in [-0.15, -0.1) is 21.5 Å². The minimum atomic E-state index is -1.12. The SMILES string of the molecule is Cc1c(CC(C)NC(=O)OC(C)(C)C)sc2c(N(Cc3ccccc3)C(=O)O)nnnc12. The molecular formula is C22H27N5O4S. The number of benzene rings is 1. The Hall–Kier alpha value is -3.27. The minimum absolute atomic E-state index is 0.146. The fourth-order valence-corrected chi connectivity index (χ4v) is 4.55. The van der Waals surface area contributed by atoms with Crippen LogP contribution < -0.4 is 10.2 Å². The third-order valence-corrected chi connectivity index (χ3v) is 5.93. The summed E-state index contributed by atoms with van der Waals surface area (Å²) in [6.45, 7) is 9.37. The summed E-state index contributed by atoms with van der Waals surface area (Å²) in [7, 11) is 0. The van der Waals surface area contributed by atoms with Gasteiger partial charge < -0.3 is 15.2 Å². The maximum atomic E-state index is 12.1. The molecule has 1 unspecified atom stereocenters. The number of thiophene rings is 1. The second kappa shape index (κ2) is 9.47. The molecule has 0 bridgehead atoms. The van der Waals surface area contributed by atoms with Gasteiger partial charge in [0.15, 0.2) is 5.82 Å². The van der Waals surface area contributed by atoms with E-state index in [0.717, 1.165) is 16.0 Å². The van der Waals surface area contributed by atoms with E-state index in [-0.39, 0.29) is 18.4 Å². The van der Waals surface area contributed by atoms with Crippen LogP contribution in [-0.4, -0.2) is 44.3 Å². The number of hydrogen-bond acceptors (Lipinski definition) is 7. The summed E-state index contributed by atoms with van der Waals surface area (Å²) < 4.78 is 5.97. The molecule has 2 aromatic heterocycles. The summed E-state index contributed by atoms with van der Waals surface area (Å²) in [4.78, 5) is 26.3. The van der Waals surface area contributed by atoms with Crippen molar-refractivity contribution in [3.8, 4) is 0 Å². The van der Waals surface area contributed by atoms with Gasteiger partial charge in [-0.2, -0.15) is 0 Å². The molecule has 0 aliphatic carbocycles. The smallest absolute Gasteiger partial charge is 0.413 e. The molecule has 9 nitrogen and oxygen atoms in total. The lowest BCUT2D eigenvalue weighted by atomic mass is 10.1. The van der Waals surface area contributed by atoms with E-state index in [2.05, 4.69) is 20.7 Å². The predicted octanol–water partition coefficient (Wildman–Crippen LogP) is 4.54. The minimum Gasteiger partial charge on any atom is -0.465 e. The number of nitrogens with zero attached hydrogens (tertiary/aromatic N) is 4. The summed E-state index contributed by atoms with van der Waals surface area (Å²) in [5.74, 6) is 0.249. The lowest BCUT2D eigenvalue weighted by Gasteiger charge is -2.21. The van der Waals surface area contributed by atoms with Crippen molar-refractivity contribution in [1.82, 2.24) is 20.7 Å². The summed E-state index contributed by atoms with van der Waals surface area (Å²) in [5, 5.41) is 24.7. The molecule has 0 saturated carbocycles. The topological polar surface area (TPSA) is 118 Å². The Balaban J connectivity index is 1.87. The van der Waals surface area contributed by atoms with Crippen LogP contribution in [0.25, 0.3) is 10.2 Å². The van der Waals surface area contributed by atoms with Crippen molar-refractivity contribution in [3.63, 3.8) is 0 Å². The molecule has 10 heteroatoms.